The highest BCUT2D eigenvalue weighted by Crippen LogP contribution is 2.01. The zero-order valence-electron chi connectivity index (χ0n) is 11.3. The van der Waals surface area contributed by atoms with E-state index in [-0.39, 0.29) is 12.2 Å². The number of sulfonamides is 1. The Morgan fingerprint density at radius 2 is 2.00 bits per heavy atom. The first-order chi connectivity index (χ1) is 10.1. The second kappa shape index (κ2) is 6.98. The van der Waals surface area contributed by atoms with Crippen molar-refractivity contribution in [3.8, 4) is 0 Å². The van der Waals surface area contributed by atoms with Gasteiger partial charge in [-0.25, -0.2) is 8.42 Å². The van der Waals surface area contributed by atoms with Crippen molar-refractivity contribution < 1.29 is 13.2 Å². The zero-order chi connectivity index (χ0) is 15.1. The van der Waals surface area contributed by atoms with E-state index in [0.717, 1.165) is 5.56 Å². The van der Waals surface area contributed by atoms with E-state index >= 15 is 0 Å². The molecule has 0 fully saturated rings. The first-order valence-electron chi connectivity index (χ1n) is 6.46. The van der Waals surface area contributed by atoms with Crippen molar-refractivity contribution in [2.75, 3.05) is 5.75 Å². The minimum Gasteiger partial charge on any atom is -0.274 e. The molecule has 2 rings (SSSR count). The third-order valence-corrected chi connectivity index (χ3v) is 4.09. The van der Waals surface area contributed by atoms with Crippen LogP contribution in [0.1, 0.15) is 12.0 Å². The molecular formula is C13H16N4O3S. The van der Waals surface area contributed by atoms with Crippen LogP contribution in [0, 0.1) is 0 Å². The van der Waals surface area contributed by atoms with Crippen molar-refractivity contribution in [2.24, 2.45) is 0 Å². The lowest BCUT2D eigenvalue weighted by atomic mass is 10.2. The summed E-state index contributed by atoms with van der Waals surface area (Å²) in [6.45, 7) is 0.292. The lowest BCUT2D eigenvalue weighted by Gasteiger charge is -2.07. The van der Waals surface area contributed by atoms with Crippen LogP contribution in [0.3, 0.4) is 0 Å². The van der Waals surface area contributed by atoms with Gasteiger partial charge in [0, 0.05) is 12.6 Å². The molecule has 0 atom stereocenters. The highest BCUT2D eigenvalue weighted by Gasteiger charge is 2.14. The number of carbonyl (C=O) groups is 1. The number of nitrogens with one attached hydrogen (secondary N) is 1. The first-order valence-corrected chi connectivity index (χ1v) is 8.12. The Labute approximate surface area is 123 Å². The number of aromatic nitrogens is 3. The molecule has 0 saturated heterocycles. The van der Waals surface area contributed by atoms with Crippen molar-refractivity contribution in [3.05, 3.63) is 48.3 Å². The molecule has 21 heavy (non-hydrogen) atoms. The molecule has 8 heteroatoms. The van der Waals surface area contributed by atoms with Gasteiger partial charge in [-0.1, -0.05) is 35.5 Å². The topological polar surface area (TPSA) is 93.9 Å². The highest BCUT2D eigenvalue weighted by molar-refractivity contribution is 7.90. The Morgan fingerprint density at radius 1 is 1.24 bits per heavy atom. The van der Waals surface area contributed by atoms with E-state index in [4.69, 9.17) is 0 Å². The molecular weight excluding hydrogens is 292 g/mol. The Bertz CT molecular complexity index is 669. The Hall–Kier alpha value is -2.22. The smallest absolute Gasteiger partial charge is 0.235 e. The average Bonchev–Trinajstić information content (AvgIpc) is 2.97. The molecule has 1 aromatic carbocycles. The Morgan fingerprint density at radius 3 is 2.67 bits per heavy atom. The molecule has 0 aliphatic heterocycles. The van der Waals surface area contributed by atoms with Crippen LogP contribution in [0.15, 0.2) is 42.7 Å². The molecule has 0 unspecified atom stereocenters. The summed E-state index contributed by atoms with van der Waals surface area (Å²) in [6.07, 6.45) is 3.51. The molecule has 1 aromatic heterocycles. The summed E-state index contributed by atoms with van der Waals surface area (Å²) in [5, 5.41) is 7.30. The monoisotopic (exact) mass is 308 g/mol. The predicted octanol–water partition coefficient (Wildman–Crippen LogP) is 0.357. The van der Waals surface area contributed by atoms with Crippen molar-refractivity contribution in [3.63, 3.8) is 0 Å². The number of rotatable bonds is 7. The normalized spacial score (nSPS) is 11.2. The summed E-state index contributed by atoms with van der Waals surface area (Å²) in [6, 6.07) is 9.26. The van der Waals surface area contributed by atoms with Crippen LogP contribution >= 0.6 is 0 Å². The molecule has 0 radical (unpaired) electrons. The first kappa shape index (κ1) is 15.2. The molecule has 112 valence electrons. The molecule has 7 nitrogen and oxygen atoms in total. The SMILES string of the molecule is O=C(CCn1ccnn1)NS(=O)(=O)CCc1ccccc1. The molecule has 1 heterocycles. The lowest BCUT2D eigenvalue weighted by molar-refractivity contribution is -0.119. The second-order valence-corrected chi connectivity index (χ2v) is 6.34. The van der Waals surface area contributed by atoms with Crippen molar-refractivity contribution in [2.45, 2.75) is 19.4 Å². The molecule has 2 aromatic rings. The molecule has 1 amide bonds. The van der Waals surface area contributed by atoms with E-state index in [0.29, 0.717) is 13.0 Å². The minimum atomic E-state index is -3.61. The van der Waals surface area contributed by atoms with Gasteiger partial charge in [-0.3, -0.25) is 14.2 Å². The van der Waals surface area contributed by atoms with Gasteiger partial charge in [0.05, 0.1) is 18.5 Å². The summed E-state index contributed by atoms with van der Waals surface area (Å²) in [5.41, 5.74) is 0.915. The van der Waals surface area contributed by atoms with E-state index in [9.17, 15) is 13.2 Å². The number of nitrogens with zero attached hydrogens (tertiary/aromatic N) is 3. The van der Waals surface area contributed by atoms with Crippen molar-refractivity contribution in [1.82, 2.24) is 19.7 Å². The van der Waals surface area contributed by atoms with Gasteiger partial charge in [-0.2, -0.15) is 0 Å². The fourth-order valence-electron chi connectivity index (χ4n) is 1.74. The number of hydrogen-bond donors (Lipinski definition) is 1. The summed E-state index contributed by atoms with van der Waals surface area (Å²) >= 11 is 0. The molecule has 0 spiro atoms. The minimum absolute atomic E-state index is 0.0356. The van der Waals surface area contributed by atoms with Gasteiger partial charge in [0.25, 0.3) is 0 Å². The second-order valence-electron chi connectivity index (χ2n) is 4.50. The van der Waals surface area contributed by atoms with Gasteiger partial charge in [-0.15, -0.1) is 5.10 Å². The van der Waals surface area contributed by atoms with E-state index in [2.05, 4.69) is 15.0 Å². The largest absolute Gasteiger partial charge is 0.274 e. The van der Waals surface area contributed by atoms with E-state index < -0.39 is 15.9 Å². The van der Waals surface area contributed by atoms with Crippen LogP contribution in [0.5, 0.6) is 0 Å². The number of hydrogen-bond acceptors (Lipinski definition) is 5. The van der Waals surface area contributed by atoms with E-state index in [1.807, 2.05) is 30.3 Å². The van der Waals surface area contributed by atoms with Crippen LogP contribution in [0.25, 0.3) is 0 Å². The van der Waals surface area contributed by atoms with Crippen LogP contribution in [0.2, 0.25) is 0 Å². The Kier molecular flexibility index (Phi) is 5.04. The molecule has 0 saturated carbocycles. The maximum Gasteiger partial charge on any atom is 0.235 e. The Balaban J connectivity index is 1.78. The van der Waals surface area contributed by atoms with Gasteiger partial charge in [0.15, 0.2) is 0 Å². The van der Waals surface area contributed by atoms with Gasteiger partial charge in [0.2, 0.25) is 15.9 Å². The van der Waals surface area contributed by atoms with Crippen LogP contribution in [-0.2, 0) is 27.8 Å². The van der Waals surface area contributed by atoms with Gasteiger partial charge in [-0.05, 0) is 12.0 Å². The van der Waals surface area contributed by atoms with E-state index in [1.165, 1.54) is 10.9 Å². The summed E-state index contributed by atoms with van der Waals surface area (Å²) in [5.74, 6) is -0.662. The standard InChI is InChI=1S/C13H16N4O3S/c18-13(6-9-17-10-8-14-16-17)15-21(19,20)11-7-12-4-2-1-3-5-12/h1-5,8,10H,6-7,9,11H2,(H,15,18). The third kappa shape index (κ3) is 5.35. The van der Waals surface area contributed by atoms with Crippen molar-refractivity contribution >= 4 is 15.9 Å². The molecule has 1 N–H and O–H groups in total. The maximum atomic E-state index is 11.8. The quantitative estimate of drug-likeness (QED) is 0.797. The predicted molar refractivity (Wildman–Crippen MR) is 76.7 cm³/mol. The van der Waals surface area contributed by atoms with E-state index in [1.54, 1.807) is 6.20 Å². The highest BCUT2D eigenvalue weighted by atomic mass is 32.2. The lowest BCUT2D eigenvalue weighted by Crippen LogP contribution is -2.33. The number of aryl methyl sites for hydroxylation is 2. The van der Waals surface area contributed by atoms with Crippen LogP contribution in [0.4, 0.5) is 0 Å². The fraction of sp³-hybridized carbons (Fsp3) is 0.308. The van der Waals surface area contributed by atoms with Gasteiger partial charge < -0.3 is 0 Å². The number of carbonyl (C=O) groups excluding carboxylic acids is 1. The summed E-state index contributed by atoms with van der Waals surface area (Å²) < 4.78 is 27.1. The van der Waals surface area contributed by atoms with Gasteiger partial charge >= 0.3 is 0 Å². The number of benzene rings is 1. The van der Waals surface area contributed by atoms with Crippen LogP contribution in [-0.4, -0.2) is 35.1 Å². The fourth-order valence-corrected chi connectivity index (χ4v) is 2.80. The summed E-state index contributed by atoms with van der Waals surface area (Å²) in [4.78, 5) is 11.6. The van der Waals surface area contributed by atoms with Crippen molar-refractivity contribution in [1.29, 1.82) is 0 Å². The third-order valence-electron chi connectivity index (χ3n) is 2.81. The molecule has 0 aliphatic rings. The van der Waals surface area contributed by atoms with Crippen LogP contribution < -0.4 is 4.72 Å². The average molecular weight is 308 g/mol. The molecule has 0 bridgehead atoms. The molecule has 0 aliphatic carbocycles. The number of amides is 1. The summed E-state index contributed by atoms with van der Waals surface area (Å²) in [7, 11) is -3.61. The van der Waals surface area contributed by atoms with Gasteiger partial charge in [0.1, 0.15) is 0 Å². The maximum absolute atomic E-state index is 11.8. The zero-order valence-corrected chi connectivity index (χ0v) is 12.2.